The Labute approximate surface area is 112 Å². The molecule has 3 nitrogen and oxygen atoms in total. The Balaban J connectivity index is 2.09. The molecule has 0 radical (unpaired) electrons. The predicted octanol–water partition coefficient (Wildman–Crippen LogP) is 3.44. The van der Waals surface area contributed by atoms with E-state index in [0.29, 0.717) is 6.61 Å². The van der Waals surface area contributed by atoms with E-state index in [1.807, 2.05) is 36.6 Å². The molecular weight excluding hydrogens is 244 g/mol. The van der Waals surface area contributed by atoms with Crippen molar-refractivity contribution in [2.24, 2.45) is 5.73 Å². The van der Waals surface area contributed by atoms with Crippen LogP contribution in [0.15, 0.2) is 29.6 Å². The molecular formula is C14H18N2OS. The summed E-state index contributed by atoms with van der Waals surface area (Å²) in [7, 11) is 0. The first kappa shape index (κ1) is 13.1. The molecule has 0 saturated carbocycles. The minimum absolute atomic E-state index is 0.0271. The molecule has 0 unspecified atom stereocenters. The molecule has 1 atom stereocenters. The van der Waals surface area contributed by atoms with Gasteiger partial charge in [0.15, 0.2) is 0 Å². The summed E-state index contributed by atoms with van der Waals surface area (Å²) in [6.45, 7) is 4.57. The van der Waals surface area contributed by atoms with Gasteiger partial charge in [0.2, 0.25) is 0 Å². The lowest BCUT2D eigenvalue weighted by Crippen LogP contribution is -2.10. The number of thiazole rings is 1. The van der Waals surface area contributed by atoms with Gasteiger partial charge in [-0.2, -0.15) is 0 Å². The Hall–Kier alpha value is -1.39. The van der Waals surface area contributed by atoms with Gasteiger partial charge < -0.3 is 10.5 Å². The van der Waals surface area contributed by atoms with Crippen molar-refractivity contribution >= 4 is 11.3 Å². The van der Waals surface area contributed by atoms with Crippen LogP contribution in [0.1, 0.15) is 35.7 Å². The molecule has 0 bridgehead atoms. The monoisotopic (exact) mass is 262 g/mol. The highest BCUT2D eigenvalue weighted by Crippen LogP contribution is 2.26. The number of aromatic nitrogens is 1. The second-order valence-electron chi connectivity index (χ2n) is 4.22. The first-order chi connectivity index (χ1) is 8.70. The molecule has 1 aromatic heterocycles. The molecule has 4 heteroatoms. The van der Waals surface area contributed by atoms with Crippen LogP contribution in [0.3, 0.4) is 0 Å². The summed E-state index contributed by atoms with van der Waals surface area (Å²) in [5.41, 5.74) is 8.18. The van der Waals surface area contributed by atoms with E-state index < -0.39 is 0 Å². The average molecular weight is 262 g/mol. The van der Waals surface area contributed by atoms with Crippen LogP contribution in [-0.4, -0.2) is 4.98 Å². The standard InChI is InChI=1S/C14H18N2OS/c1-3-12(15)11-6-4-5-7-13(11)17-8-14-16-10(2)9-18-14/h4-7,9,12H,3,8,15H2,1-2H3/t12-/m1/s1. The van der Waals surface area contributed by atoms with Crippen molar-refractivity contribution in [2.75, 3.05) is 0 Å². The van der Waals surface area contributed by atoms with Gasteiger partial charge in [-0.3, -0.25) is 0 Å². The van der Waals surface area contributed by atoms with Crippen molar-refractivity contribution in [1.82, 2.24) is 4.98 Å². The minimum atomic E-state index is 0.0271. The SMILES string of the molecule is CC[C@@H](N)c1ccccc1OCc1nc(C)cs1. The molecule has 0 fully saturated rings. The number of rotatable bonds is 5. The Morgan fingerprint density at radius 1 is 1.39 bits per heavy atom. The largest absolute Gasteiger partial charge is 0.486 e. The highest BCUT2D eigenvalue weighted by Gasteiger charge is 2.10. The summed E-state index contributed by atoms with van der Waals surface area (Å²) in [6, 6.07) is 7.97. The maximum Gasteiger partial charge on any atom is 0.140 e. The van der Waals surface area contributed by atoms with Crippen LogP contribution in [0.5, 0.6) is 5.75 Å². The van der Waals surface area contributed by atoms with Crippen LogP contribution >= 0.6 is 11.3 Å². The van der Waals surface area contributed by atoms with Gasteiger partial charge in [0.25, 0.3) is 0 Å². The van der Waals surface area contributed by atoms with Crippen molar-refractivity contribution in [3.8, 4) is 5.75 Å². The maximum atomic E-state index is 6.08. The van der Waals surface area contributed by atoms with E-state index >= 15 is 0 Å². The van der Waals surface area contributed by atoms with Gasteiger partial charge >= 0.3 is 0 Å². The van der Waals surface area contributed by atoms with Crippen molar-refractivity contribution in [1.29, 1.82) is 0 Å². The fraction of sp³-hybridized carbons (Fsp3) is 0.357. The molecule has 0 aliphatic rings. The lowest BCUT2D eigenvalue weighted by Gasteiger charge is -2.14. The molecule has 18 heavy (non-hydrogen) atoms. The molecule has 0 aliphatic heterocycles. The minimum Gasteiger partial charge on any atom is -0.486 e. The Morgan fingerprint density at radius 3 is 2.83 bits per heavy atom. The lowest BCUT2D eigenvalue weighted by atomic mass is 10.0. The fourth-order valence-corrected chi connectivity index (χ4v) is 2.43. The van der Waals surface area contributed by atoms with E-state index in [9.17, 15) is 0 Å². The molecule has 96 valence electrons. The maximum absolute atomic E-state index is 6.08. The predicted molar refractivity (Wildman–Crippen MR) is 74.8 cm³/mol. The molecule has 0 amide bonds. The molecule has 0 aliphatic carbocycles. The third-order valence-corrected chi connectivity index (χ3v) is 3.72. The van der Waals surface area contributed by atoms with E-state index in [1.165, 1.54) is 0 Å². The molecule has 2 aromatic rings. The summed E-state index contributed by atoms with van der Waals surface area (Å²) in [5.74, 6) is 0.861. The normalized spacial score (nSPS) is 12.4. The average Bonchev–Trinajstić information content (AvgIpc) is 2.81. The van der Waals surface area contributed by atoms with Crippen molar-refractivity contribution in [2.45, 2.75) is 32.9 Å². The van der Waals surface area contributed by atoms with Crippen molar-refractivity contribution in [3.63, 3.8) is 0 Å². The summed E-state index contributed by atoms with van der Waals surface area (Å²) < 4.78 is 5.83. The zero-order valence-electron chi connectivity index (χ0n) is 10.7. The first-order valence-electron chi connectivity index (χ1n) is 6.09. The summed E-state index contributed by atoms with van der Waals surface area (Å²) in [6.07, 6.45) is 0.900. The number of para-hydroxylation sites is 1. The van der Waals surface area contributed by atoms with Gasteiger partial charge in [-0.1, -0.05) is 25.1 Å². The van der Waals surface area contributed by atoms with Gasteiger partial charge in [-0.15, -0.1) is 11.3 Å². The second kappa shape index (κ2) is 5.98. The second-order valence-corrected chi connectivity index (χ2v) is 5.17. The summed E-state index contributed by atoms with van der Waals surface area (Å²) in [4.78, 5) is 4.38. The Morgan fingerprint density at radius 2 is 2.17 bits per heavy atom. The summed E-state index contributed by atoms with van der Waals surface area (Å²) in [5, 5.41) is 3.02. The third kappa shape index (κ3) is 3.09. The van der Waals surface area contributed by atoms with E-state index in [1.54, 1.807) is 11.3 Å². The highest BCUT2D eigenvalue weighted by molar-refractivity contribution is 7.09. The molecule has 2 rings (SSSR count). The van der Waals surface area contributed by atoms with Crippen LogP contribution in [0, 0.1) is 6.92 Å². The van der Waals surface area contributed by atoms with Crippen molar-refractivity contribution in [3.05, 3.63) is 45.9 Å². The quantitative estimate of drug-likeness (QED) is 0.898. The number of hydrogen-bond donors (Lipinski definition) is 1. The van der Waals surface area contributed by atoms with E-state index in [2.05, 4.69) is 11.9 Å². The third-order valence-electron chi connectivity index (χ3n) is 2.78. The lowest BCUT2D eigenvalue weighted by molar-refractivity contribution is 0.300. The van der Waals surface area contributed by atoms with Crippen LogP contribution in [0.2, 0.25) is 0 Å². The zero-order chi connectivity index (χ0) is 13.0. The topological polar surface area (TPSA) is 48.1 Å². The molecule has 1 heterocycles. The van der Waals surface area contributed by atoms with Gasteiger partial charge in [-0.05, 0) is 19.4 Å². The van der Waals surface area contributed by atoms with E-state index in [0.717, 1.165) is 28.4 Å². The molecule has 1 aromatic carbocycles. The van der Waals surface area contributed by atoms with Crippen molar-refractivity contribution < 1.29 is 4.74 Å². The van der Waals surface area contributed by atoms with Crippen LogP contribution in [0.25, 0.3) is 0 Å². The van der Waals surface area contributed by atoms with Gasteiger partial charge in [0.05, 0.1) is 0 Å². The number of hydrogen-bond acceptors (Lipinski definition) is 4. The van der Waals surface area contributed by atoms with Gasteiger partial charge in [0, 0.05) is 22.7 Å². The van der Waals surface area contributed by atoms with Crippen LogP contribution in [-0.2, 0) is 6.61 Å². The summed E-state index contributed by atoms with van der Waals surface area (Å²) >= 11 is 1.62. The zero-order valence-corrected chi connectivity index (χ0v) is 11.5. The van der Waals surface area contributed by atoms with E-state index in [-0.39, 0.29) is 6.04 Å². The van der Waals surface area contributed by atoms with E-state index in [4.69, 9.17) is 10.5 Å². The number of aryl methyl sites for hydroxylation is 1. The fourth-order valence-electron chi connectivity index (χ4n) is 1.75. The Bertz CT molecular complexity index is 510. The molecule has 0 saturated heterocycles. The van der Waals surface area contributed by atoms with Crippen LogP contribution < -0.4 is 10.5 Å². The van der Waals surface area contributed by atoms with Gasteiger partial charge in [-0.25, -0.2) is 4.98 Å². The molecule has 0 spiro atoms. The highest BCUT2D eigenvalue weighted by atomic mass is 32.1. The smallest absolute Gasteiger partial charge is 0.140 e. The number of ether oxygens (including phenoxy) is 1. The number of nitrogens with two attached hydrogens (primary N) is 1. The first-order valence-corrected chi connectivity index (χ1v) is 6.97. The van der Waals surface area contributed by atoms with Gasteiger partial charge in [0.1, 0.15) is 17.4 Å². The number of benzene rings is 1. The number of nitrogens with zero attached hydrogens (tertiary/aromatic N) is 1. The molecule has 2 N–H and O–H groups in total. The van der Waals surface area contributed by atoms with Crippen LogP contribution in [0.4, 0.5) is 0 Å². The Kier molecular flexibility index (Phi) is 4.33.